The van der Waals surface area contributed by atoms with Gasteiger partial charge in [-0.2, -0.15) is 0 Å². The second-order valence-corrected chi connectivity index (χ2v) is 6.20. The molecule has 0 aliphatic rings. The van der Waals surface area contributed by atoms with Gasteiger partial charge in [0.25, 0.3) is 0 Å². The fourth-order valence-electron chi connectivity index (χ4n) is 1.72. The summed E-state index contributed by atoms with van der Waals surface area (Å²) in [5.74, 6) is 0.669. The molecule has 116 valence electrons. The van der Waals surface area contributed by atoms with Gasteiger partial charge < -0.3 is 19.7 Å². The molecule has 0 saturated carbocycles. The Morgan fingerprint density at radius 1 is 1.25 bits per heavy atom. The molecule has 0 aromatic carbocycles. The quantitative estimate of drug-likeness (QED) is 0.677. The molecule has 6 heteroatoms. The molecule has 0 aliphatic heterocycles. The number of nitrogens with zero attached hydrogens (tertiary/aromatic N) is 2. The molecular weight excluding hydrogens is 274 g/mol. The molecule has 0 spiro atoms. The smallest absolute Gasteiger partial charge is 0.185 e. The molecule has 0 unspecified atom stereocenters. The van der Waals surface area contributed by atoms with Crippen LogP contribution < -0.4 is 10.2 Å². The summed E-state index contributed by atoms with van der Waals surface area (Å²) in [5, 5.41) is 4.48. The van der Waals surface area contributed by atoms with Crippen LogP contribution in [-0.4, -0.2) is 52.1 Å². The second-order valence-electron chi connectivity index (χ2n) is 5.11. The topological polar surface area (TPSA) is 46.6 Å². The van der Waals surface area contributed by atoms with E-state index in [4.69, 9.17) is 9.47 Å². The first-order chi connectivity index (χ1) is 9.67. The molecule has 0 aliphatic carbocycles. The number of hydrogen-bond acceptors (Lipinski definition) is 6. The van der Waals surface area contributed by atoms with Gasteiger partial charge in [-0.25, -0.2) is 4.98 Å². The molecule has 1 N–H and O–H groups in total. The van der Waals surface area contributed by atoms with Crippen molar-refractivity contribution in [3.8, 4) is 0 Å². The number of rotatable bonds is 11. The summed E-state index contributed by atoms with van der Waals surface area (Å²) in [4.78, 5) is 7.99. The lowest BCUT2D eigenvalue weighted by atomic mass is 10.2. The second kappa shape index (κ2) is 10.1. The van der Waals surface area contributed by atoms with E-state index in [-0.39, 0.29) is 0 Å². The zero-order valence-electron chi connectivity index (χ0n) is 13.0. The Hall–Kier alpha value is -0.690. The van der Waals surface area contributed by atoms with Crippen LogP contribution in [0.1, 0.15) is 18.7 Å². The lowest BCUT2D eigenvalue weighted by Gasteiger charge is -2.20. The average Bonchev–Trinajstić information content (AvgIpc) is 2.87. The molecule has 0 fully saturated rings. The number of aromatic nitrogens is 1. The Morgan fingerprint density at radius 2 is 1.90 bits per heavy atom. The molecule has 1 heterocycles. The highest BCUT2D eigenvalue weighted by Gasteiger charge is 2.11. The first-order valence-corrected chi connectivity index (χ1v) is 7.87. The minimum absolute atomic E-state index is 0.669. The third kappa shape index (κ3) is 6.65. The van der Waals surface area contributed by atoms with Crippen LogP contribution in [0.5, 0.6) is 0 Å². The van der Waals surface area contributed by atoms with Crippen molar-refractivity contribution in [2.75, 3.05) is 52.0 Å². The fraction of sp³-hybridized carbons (Fsp3) is 0.786. The normalized spacial score (nSPS) is 11.2. The number of nitrogens with one attached hydrogen (secondary N) is 1. The van der Waals surface area contributed by atoms with Gasteiger partial charge in [0.15, 0.2) is 5.13 Å². The molecule has 0 atom stereocenters. The lowest BCUT2D eigenvalue weighted by molar-refractivity contribution is 0.190. The maximum Gasteiger partial charge on any atom is 0.185 e. The first-order valence-electron chi connectivity index (χ1n) is 7.05. The average molecular weight is 301 g/mol. The minimum atomic E-state index is 0.669. The largest absolute Gasteiger partial charge is 0.383 e. The number of methoxy groups -OCH3 is 2. The van der Waals surface area contributed by atoms with E-state index < -0.39 is 0 Å². The van der Waals surface area contributed by atoms with E-state index in [0.29, 0.717) is 19.1 Å². The number of thiazole rings is 1. The maximum absolute atomic E-state index is 5.15. The minimum Gasteiger partial charge on any atom is -0.383 e. The van der Waals surface area contributed by atoms with E-state index in [0.717, 1.165) is 31.3 Å². The summed E-state index contributed by atoms with van der Waals surface area (Å²) in [6, 6.07) is 0. The Balaban J connectivity index is 2.50. The van der Waals surface area contributed by atoms with E-state index in [1.165, 1.54) is 4.88 Å². The van der Waals surface area contributed by atoms with Crippen molar-refractivity contribution in [2.24, 2.45) is 5.92 Å². The first kappa shape index (κ1) is 17.4. The van der Waals surface area contributed by atoms with E-state index in [1.807, 2.05) is 6.20 Å². The molecule has 5 nitrogen and oxygen atoms in total. The van der Waals surface area contributed by atoms with Crippen molar-refractivity contribution >= 4 is 16.5 Å². The summed E-state index contributed by atoms with van der Waals surface area (Å²) in [7, 11) is 3.44. The zero-order valence-corrected chi connectivity index (χ0v) is 13.8. The maximum atomic E-state index is 5.15. The Kier molecular flexibility index (Phi) is 8.77. The number of anilines is 1. The van der Waals surface area contributed by atoms with E-state index >= 15 is 0 Å². The van der Waals surface area contributed by atoms with Crippen molar-refractivity contribution < 1.29 is 9.47 Å². The van der Waals surface area contributed by atoms with Crippen molar-refractivity contribution in [3.63, 3.8) is 0 Å². The van der Waals surface area contributed by atoms with Crippen molar-refractivity contribution in [1.29, 1.82) is 0 Å². The lowest BCUT2D eigenvalue weighted by Crippen LogP contribution is -2.30. The standard InChI is InChI=1S/C14H27N3O2S/c1-12(2)9-15-10-13-11-16-14(20-13)17(5-7-18-3)6-8-19-4/h11-12,15H,5-10H2,1-4H3. The van der Waals surface area contributed by atoms with E-state index in [1.54, 1.807) is 25.6 Å². The SMILES string of the molecule is COCCN(CCOC)c1ncc(CNCC(C)C)s1. The summed E-state index contributed by atoms with van der Waals surface area (Å²) >= 11 is 1.73. The predicted octanol–water partition coefficient (Wildman–Crippen LogP) is 1.99. The summed E-state index contributed by atoms with van der Waals surface area (Å²) in [6.45, 7) is 9.42. The molecule has 0 saturated heterocycles. The van der Waals surface area contributed by atoms with Crippen LogP contribution >= 0.6 is 11.3 Å². The number of ether oxygens (including phenoxy) is 2. The highest BCUT2D eigenvalue weighted by atomic mass is 32.1. The van der Waals surface area contributed by atoms with Gasteiger partial charge in [-0.3, -0.25) is 0 Å². The van der Waals surface area contributed by atoms with Crippen molar-refractivity contribution in [2.45, 2.75) is 20.4 Å². The van der Waals surface area contributed by atoms with Crippen LogP contribution in [0, 0.1) is 5.92 Å². The van der Waals surface area contributed by atoms with Gasteiger partial charge in [-0.05, 0) is 12.5 Å². The predicted molar refractivity (Wildman–Crippen MR) is 84.6 cm³/mol. The molecule has 0 radical (unpaired) electrons. The van der Waals surface area contributed by atoms with Crippen LogP contribution in [0.15, 0.2) is 6.20 Å². The van der Waals surface area contributed by atoms with Crippen molar-refractivity contribution in [3.05, 3.63) is 11.1 Å². The molecule has 1 aromatic heterocycles. The third-order valence-corrected chi connectivity index (χ3v) is 3.85. The molecule has 0 amide bonds. The molecule has 1 aromatic rings. The zero-order chi connectivity index (χ0) is 14.8. The fourth-order valence-corrected chi connectivity index (χ4v) is 2.65. The Morgan fingerprint density at radius 3 is 2.45 bits per heavy atom. The highest BCUT2D eigenvalue weighted by molar-refractivity contribution is 7.15. The summed E-state index contributed by atoms with van der Waals surface area (Å²) in [6.07, 6.45) is 1.96. The van der Waals surface area contributed by atoms with Crippen LogP contribution in [-0.2, 0) is 16.0 Å². The van der Waals surface area contributed by atoms with Gasteiger partial charge in [0.2, 0.25) is 0 Å². The molecule has 0 bridgehead atoms. The van der Waals surface area contributed by atoms with Gasteiger partial charge in [-0.1, -0.05) is 13.8 Å². The van der Waals surface area contributed by atoms with E-state index in [9.17, 15) is 0 Å². The van der Waals surface area contributed by atoms with Crippen LogP contribution in [0.3, 0.4) is 0 Å². The van der Waals surface area contributed by atoms with Crippen LogP contribution in [0.25, 0.3) is 0 Å². The van der Waals surface area contributed by atoms with Gasteiger partial charge >= 0.3 is 0 Å². The van der Waals surface area contributed by atoms with Gasteiger partial charge in [0.05, 0.1) is 13.2 Å². The van der Waals surface area contributed by atoms with Crippen molar-refractivity contribution in [1.82, 2.24) is 10.3 Å². The number of hydrogen-bond donors (Lipinski definition) is 1. The van der Waals surface area contributed by atoms with Gasteiger partial charge in [0.1, 0.15) is 0 Å². The van der Waals surface area contributed by atoms with Gasteiger partial charge in [0, 0.05) is 44.9 Å². The molecule has 1 rings (SSSR count). The van der Waals surface area contributed by atoms with E-state index in [2.05, 4.69) is 29.0 Å². The highest BCUT2D eigenvalue weighted by Crippen LogP contribution is 2.22. The third-order valence-electron chi connectivity index (χ3n) is 2.79. The summed E-state index contributed by atoms with van der Waals surface area (Å²) < 4.78 is 10.3. The van der Waals surface area contributed by atoms with Crippen LogP contribution in [0.2, 0.25) is 0 Å². The van der Waals surface area contributed by atoms with Crippen LogP contribution in [0.4, 0.5) is 5.13 Å². The Bertz CT molecular complexity index is 350. The van der Waals surface area contributed by atoms with Gasteiger partial charge in [-0.15, -0.1) is 11.3 Å². The summed E-state index contributed by atoms with van der Waals surface area (Å²) in [5.41, 5.74) is 0. The Labute approximate surface area is 126 Å². The monoisotopic (exact) mass is 301 g/mol. The molecule has 20 heavy (non-hydrogen) atoms. The molecular formula is C14H27N3O2S.